The van der Waals surface area contributed by atoms with Crippen LogP contribution in [0.4, 0.5) is 11.5 Å². The topological polar surface area (TPSA) is 54.5 Å². The molecule has 4 aliphatic carbocycles. The van der Waals surface area contributed by atoms with Gasteiger partial charge in [0.25, 0.3) is 0 Å². The highest BCUT2D eigenvalue weighted by molar-refractivity contribution is 6.24. The lowest BCUT2D eigenvalue weighted by Crippen LogP contribution is -2.57. The second kappa shape index (κ2) is 6.10. The summed E-state index contributed by atoms with van der Waals surface area (Å²) in [5.41, 5.74) is 0.515. The molecule has 0 unspecified atom stereocenters. The summed E-state index contributed by atoms with van der Waals surface area (Å²) in [5, 5.41) is 3.14. The van der Waals surface area contributed by atoms with E-state index in [1.807, 2.05) is 12.1 Å². The number of rotatable bonds is 3. The van der Waals surface area contributed by atoms with Crippen LogP contribution in [0, 0.1) is 17.3 Å². The van der Waals surface area contributed by atoms with Gasteiger partial charge in [-0.2, -0.15) is 0 Å². The Labute approximate surface area is 159 Å². The van der Waals surface area contributed by atoms with E-state index in [2.05, 4.69) is 15.2 Å². The molecule has 1 amide bonds. The number of hydrogen-bond donors (Lipinski definition) is 1. The first kappa shape index (κ1) is 16.8. The number of halogens is 1. The third-order valence-electron chi connectivity index (χ3n) is 6.81. The third kappa shape index (κ3) is 2.89. The highest BCUT2D eigenvalue weighted by Crippen LogP contribution is 2.64. The minimum atomic E-state index is -0.269. The van der Waals surface area contributed by atoms with Crippen LogP contribution in [0.3, 0.4) is 0 Å². The van der Waals surface area contributed by atoms with Crippen molar-refractivity contribution in [3.63, 3.8) is 0 Å². The molecule has 0 spiro atoms. The minimum Gasteiger partial charge on any atom is -0.378 e. The molecule has 6 heteroatoms. The lowest BCUT2D eigenvalue weighted by Gasteiger charge is -2.59. The molecule has 0 aromatic carbocycles. The molecule has 4 bridgehead atoms. The van der Waals surface area contributed by atoms with Crippen molar-refractivity contribution in [2.24, 2.45) is 17.3 Å². The number of aromatic nitrogens is 1. The van der Waals surface area contributed by atoms with Crippen LogP contribution in [0.25, 0.3) is 0 Å². The largest absolute Gasteiger partial charge is 0.378 e. The van der Waals surface area contributed by atoms with Crippen LogP contribution < -0.4 is 10.2 Å². The molecule has 6 rings (SSSR count). The number of pyridine rings is 1. The van der Waals surface area contributed by atoms with Crippen LogP contribution in [0.1, 0.15) is 38.5 Å². The number of nitrogens with zero attached hydrogens (tertiary/aromatic N) is 2. The zero-order valence-corrected chi connectivity index (χ0v) is 15.8. The zero-order chi connectivity index (χ0) is 17.8. The molecule has 1 aromatic rings. The van der Waals surface area contributed by atoms with E-state index in [0.29, 0.717) is 11.8 Å². The number of amides is 1. The van der Waals surface area contributed by atoms with Crippen molar-refractivity contribution in [3.8, 4) is 0 Å². The molecule has 140 valence electrons. The monoisotopic (exact) mass is 375 g/mol. The maximum atomic E-state index is 13.2. The Morgan fingerprint density at radius 3 is 2.54 bits per heavy atom. The van der Waals surface area contributed by atoms with Gasteiger partial charge in [0.15, 0.2) is 0 Å². The lowest BCUT2D eigenvalue weighted by molar-refractivity contribution is -0.138. The first-order valence-corrected chi connectivity index (χ1v) is 10.2. The van der Waals surface area contributed by atoms with Gasteiger partial charge in [-0.25, -0.2) is 4.98 Å². The molecule has 2 heterocycles. The molecular formula is C20H26ClN3O2. The van der Waals surface area contributed by atoms with Gasteiger partial charge in [-0.1, -0.05) is 0 Å². The van der Waals surface area contributed by atoms with Crippen LogP contribution in [-0.2, 0) is 9.53 Å². The fraction of sp³-hybridized carbons (Fsp3) is 0.700. The predicted molar refractivity (Wildman–Crippen MR) is 102 cm³/mol. The molecule has 1 aromatic heterocycles. The van der Waals surface area contributed by atoms with Crippen molar-refractivity contribution in [3.05, 3.63) is 18.3 Å². The molecule has 26 heavy (non-hydrogen) atoms. The summed E-state index contributed by atoms with van der Waals surface area (Å²) < 4.78 is 5.39. The molecule has 5 aliphatic rings. The fourth-order valence-electron chi connectivity index (χ4n) is 6.12. The van der Waals surface area contributed by atoms with E-state index in [1.54, 1.807) is 6.20 Å². The molecular weight excluding hydrogens is 350 g/mol. The Morgan fingerprint density at radius 2 is 1.92 bits per heavy atom. The van der Waals surface area contributed by atoms with Crippen LogP contribution in [0.15, 0.2) is 18.3 Å². The van der Waals surface area contributed by atoms with Gasteiger partial charge < -0.3 is 15.0 Å². The van der Waals surface area contributed by atoms with Gasteiger partial charge in [0.1, 0.15) is 5.82 Å². The normalized spacial score (nSPS) is 38.4. The van der Waals surface area contributed by atoms with Crippen molar-refractivity contribution < 1.29 is 9.53 Å². The van der Waals surface area contributed by atoms with E-state index in [0.717, 1.165) is 69.9 Å². The predicted octanol–water partition coefficient (Wildman–Crippen LogP) is 3.43. The van der Waals surface area contributed by atoms with Gasteiger partial charge in [0, 0.05) is 18.0 Å². The molecule has 1 N–H and O–H groups in total. The van der Waals surface area contributed by atoms with Crippen molar-refractivity contribution >= 4 is 29.0 Å². The summed E-state index contributed by atoms with van der Waals surface area (Å²) in [4.78, 5) is 19.8. The first-order valence-electron chi connectivity index (χ1n) is 9.83. The van der Waals surface area contributed by atoms with Gasteiger partial charge in [0.2, 0.25) is 5.91 Å². The molecule has 1 aliphatic heterocycles. The van der Waals surface area contributed by atoms with Crippen LogP contribution in [-0.4, -0.2) is 42.1 Å². The fourth-order valence-corrected chi connectivity index (χ4v) is 6.81. The standard InChI is InChI=1S/C20H26ClN3O2/c21-20-10-14-7-15(11-20)9-19(8-14,13-20)18(25)23-16-1-2-17(22-12-16)24-3-5-26-6-4-24/h1-2,12,14-15H,3-11,13H2,(H,23,25)/t14-,15-,19?,20?/m1/s1. The first-order chi connectivity index (χ1) is 12.5. The quantitative estimate of drug-likeness (QED) is 0.822. The van der Waals surface area contributed by atoms with Gasteiger partial charge >= 0.3 is 0 Å². The molecule has 5 nitrogen and oxygen atoms in total. The van der Waals surface area contributed by atoms with E-state index in [-0.39, 0.29) is 16.2 Å². The average molecular weight is 376 g/mol. The van der Waals surface area contributed by atoms with Crippen molar-refractivity contribution in [2.45, 2.75) is 43.4 Å². The Morgan fingerprint density at radius 1 is 1.19 bits per heavy atom. The SMILES string of the molecule is O=C(Nc1ccc(N2CCOCC2)nc1)C12C[C@H]3C[C@@H](CC(Cl)(C3)C1)C2. The highest BCUT2D eigenvalue weighted by Gasteiger charge is 2.60. The number of ether oxygens (including phenoxy) is 1. The van der Waals surface area contributed by atoms with Crippen molar-refractivity contribution in [1.29, 1.82) is 0 Å². The number of nitrogens with one attached hydrogen (secondary N) is 1. The summed E-state index contributed by atoms with van der Waals surface area (Å²) in [5.74, 6) is 2.35. The molecule has 0 radical (unpaired) electrons. The molecule has 5 fully saturated rings. The lowest BCUT2D eigenvalue weighted by atomic mass is 9.49. The van der Waals surface area contributed by atoms with Gasteiger partial charge in [-0.15, -0.1) is 11.6 Å². The maximum absolute atomic E-state index is 13.2. The molecule has 2 atom stereocenters. The summed E-state index contributed by atoms with van der Waals surface area (Å²) in [6, 6.07) is 3.95. The second-order valence-electron chi connectivity index (χ2n) is 8.85. The minimum absolute atomic E-state index is 0.139. The van der Waals surface area contributed by atoms with Gasteiger partial charge in [-0.05, 0) is 62.5 Å². The van der Waals surface area contributed by atoms with Crippen LogP contribution in [0.2, 0.25) is 0 Å². The Kier molecular flexibility index (Phi) is 3.94. The van der Waals surface area contributed by atoms with Crippen LogP contribution >= 0.6 is 11.6 Å². The highest BCUT2D eigenvalue weighted by atomic mass is 35.5. The summed E-state index contributed by atoms with van der Waals surface area (Å²) in [6.07, 6.45) is 8.07. The van der Waals surface area contributed by atoms with Gasteiger partial charge in [0.05, 0.1) is 30.5 Å². The number of alkyl halides is 1. The smallest absolute Gasteiger partial charge is 0.230 e. The van der Waals surface area contributed by atoms with Gasteiger partial charge in [-0.3, -0.25) is 4.79 Å². The van der Waals surface area contributed by atoms with E-state index in [4.69, 9.17) is 16.3 Å². The van der Waals surface area contributed by atoms with E-state index in [9.17, 15) is 4.79 Å². The third-order valence-corrected chi connectivity index (χ3v) is 7.25. The number of carbonyl (C=O) groups excluding carboxylic acids is 1. The van der Waals surface area contributed by atoms with Crippen molar-refractivity contribution in [2.75, 3.05) is 36.5 Å². The zero-order valence-electron chi connectivity index (χ0n) is 15.0. The van der Waals surface area contributed by atoms with Crippen molar-refractivity contribution in [1.82, 2.24) is 4.98 Å². The van der Waals surface area contributed by atoms with Crippen LogP contribution in [0.5, 0.6) is 0 Å². The Bertz CT molecular complexity index is 688. The number of carbonyl (C=O) groups is 1. The summed E-state index contributed by atoms with van der Waals surface area (Å²) in [7, 11) is 0. The summed E-state index contributed by atoms with van der Waals surface area (Å²) >= 11 is 6.87. The Hall–Kier alpha value is -1.33. The number of morpholine rings is 1. The number of hydrogen-bond acceptors (Lipinski definition) is 4. The molecule has 4 saturated carbocycles. The Balaban J connectivity index is 1.30. The number of anilines is 2. The van der Waals surface area contributed by atoms with E-state index in [1.165, 1.54) is 6.42 Å². The maximum Gasteiger partial charge on any atom is 0.230 e. The van der Waals surface area contributed by atoms with E-state index >= 15 is 0 Å². The van der Waals surface area contributed by atoms with E-state index < -0.39 is 0 Å². The second-order valence-corrected chi connectivity index (χ2v) is 9.65. The average Bonchev–Trinajstić information content (AvgIpc) is 2.61. The molecule has 1 saturated heterocycles. The summed E-state index contributed by atoms with van der Waals surface area (Å²) in [6.45, 7) is 3.21.